The van der Waals surface area contributed by atoms with Crippen LogP contribution in [0, 0.1) is 5.41 Å². The molecule has 0 bridgehead atoms. The summed E-state index contributed by atoms with van der Waals surface area (Å²) in [7, 11) is 3.81. The molecule has 1 spiro atoms. The summed E-state index contributed by atoms with van der Waals surface area (Å²) in [5, 5.41) is 6.19. The molecule has 4 aliphatic rings. The van der Waals surface area contributed by atoms with E-state index in [9.17, 15) is 19.2 Å². The number of nitrogens with one attached hydrogen (secondary N) is 2. The van der Waals surface area contributed by atoms with Crippen molar-refractivity contribution in [3.8, 4) is 0 Å². The maximum atomic E-state index is 13.6. The second kappa shape index (κ2) is 14.3. The van der Waals surface area contributed by atoms with Gasteiger partial charge >= 0.3 is 0 Å². The van der Waals surface area contributed by atoms with Crippen LogP contribution in [-0.2, 0) is 16.6 Å². The second-order valence-electron chi connectivity index (χ2n) is 15.3. The zero-order valence-corrected chi connectivity index (χ0v) is 29.9. The number of aryl methyl sites for hydroxylation is 1. The Morgan fingerprint density at radius 3 is 2.14 bits per heavy atom. The average molecular weight is 698 g/mol. The van der Waals surface area contributed by atoms with E-state index in [0.29, 0.717) is 35.8 Å². The first kappa shape index (κ1) is 34.5. The molecule has 264 valence electrons. The van der Waals surface area contributed by atoms with Gasteiger partial charge in [0.1, 0.15) is 5.02 Å². The molecule has 3 atom stereocenters. The van der Waals surface area contributed by atoms with Crippen molar-refractivity contribution in [1.82, 2.24) is 19.7 Å². The molecule has 1 saturated carbocycles. The molecule has 3 unspecified atom stereocenters. The lowest BCUT2D eigenvalue weighted by atomic mass is 9.64. The number of hydrogen-bond donors (Lipinski definition) is 2. The van der Waals surface area contributed by atoms with Crippen molar-refractivity contribution < 1.29 is 14.4 Å². The number of nitrogens with zero attached hydrogens (tertiary/aromatic N) is 3. The number of benzene rings is 2. The number of hydrogen-bond acceptors (Lipinski definition) is 6. The largest absolute Gasteiger partial charge is 0.380 e. The Morgan fingerprint density at radius 2 is 1.46 bits per heavy atom. The summed E-state index contributed by atoms with van der Waals surface area (Å²) in [5.74, 6) is 0.343. The van der Waals surface area contributed by atoms with E-state index in [-0.39, 0.29) is 40.3 Å². The highest BCUT2D eigenvalue weighted by molar-refractivity contribution is 6.33. The minimum absolute atomic E-state index is 0.122. The van der Waals surface area contributed by atoms with Gasteiger partial charge in [0.05, 0.1) is 11.6 Å². The highest BCUT2D eigenvalue weighted by Crippen LogP contribution is 2.49. The number of piperidine rings is 3. The number of halogens is 1. The van der Waals surface area contributed by atoms with Crippen LogP contribution < -0.4 is 16.2 Å². The second-order valence-corrected chi connectivity index (χ2v) is 15.7. The SMILES string of the molecule is CN1CC(Nc2ccn(C)c(=O)c2Cl)CC(c2ccc(C(=O)N3CCC4(CCC(c5ccc(C6CCC(=O)NC6=O)cc5)CC4)CC3)cc2)C1. The first-order valence-corrected chi connectivity index (χ1v) is 18.6. The Morgan fingerprint density at radius 1 is 0.820 bits per heavy atom. The van der Waals surface area contributed by atoms with Gasteiger partial charge < -0.3 is 19.7 Å². The molecular formula is C40H48ClN5O4. The van der Waals surface area contributed by atoms with E-state index < -0.39 is 0 Å². The van der Waals surface area contributed by atoms with E-state index >= 15 is 0 Å². The van der Waals surface area contributed by atoms with Gasteiger partial charge in [0, 0.05) is 57.4 Å². The average Bonchev–Trinajstić information content (AvgIpc) is 3.12. The molecule has 3 aliphatic heterocycles. The maximum Gasteiger partial charge on any atom is 0.271 e. The summed E-state index contributed by atoms with van der Waals surface area (Å²) in [6, 6.07) is 18.7. The molecular weight excluding hydrogens is 650 g/mol. The Balaban J connectivity index is 0.901. The summed E-state index contributed by atoms with van der Waals surface area (Å²) in [6.07, 6.45) is 10.4. The Bertz CT molecular complexity index is 1790. The lowest BCUT2D eigenvalue weighted by molar-refractivity contribution is -0.134. The van der Waals surface area contributed by atoms with E-state index in [1.54, 1.807) is 13.2 Å². The quantitative estimate of drug-likeness (QED) is 0.305. The molecule has 4 fully saturated rings. The van der Waals surface area contributed by atoms with Gasteiger partial charge in [0.25, 0.3) is 11.5 Å². The monoisotopic (exact) mass is 697 g/mol. The zero-order chi connectivity index (χ0) is 35.0. The van der Waals surface area contributed by atoms with Crippen LogP contribution in [0.3, 0.4) is 0 Å². The topological polar surface area (TPSA) is 104 Å². The number of rotatable bonds is 6. The van der Waals surface area contributed by atoms with Crippen LogP contribution in [0.15, 0.2) is 65.6 Å². The van der Waals surface area contributed by atoms with Gasteiger partial charge in [-0.15, -0.1) is 0 Å². The van der Waals surface area contributed by atoms with Crippen molar-refractivity contribution in [2.75, 3.05) is 38.5 Å². The molecule has 2 aromatic carbocycles. The number of likely N-dealkylation sites (tertiary alicyclic amines) is 2. The summed E-state index contributed by atoms with van der Waals surface area (Å²) >= 11 is 6.36. The number of carbonyl (C=O) groups excluding carboxylic acids is 3. The van der Waals surface area contributed by atoms with Crippen molar-refractivity contribution in [3.05, 3.63) is 98.4 Å². The van der Waals surface area contributed by atoms with Crippen molar-refractivity contribution >= 4 is 35.0 Å². The van der Waals surface area contributed by atoms with Crippen molar-refractivity contribution in [1.29, 1.82) is 0 Å². The number of imide groups is 1. The fourth-order valence-corrected chi connectivity index (χ4v) is 9.19. The van der Waals surface area contributed by atoms with Crippen LogP contribution in [0.1, 0.15) is 103 Å². The minimum Gasteiger partial charge on any atom is -0.380 e. The van der Waals surface area contributed by atoms with Gasteiger partial charge in [-0.25, -0.2) is 0 Å². The molecule has 4 heterocycles. The van der Waals surface area contributed by atoms with Gasteiger partial charge in [0.2, 0.25) is 11.8 Å². The molecule has 9 nitrogen and oxygen atoms in total. The number of anilines is 1. The Labute approximate surface area is 299 Å². The Hall–Kier alpha value is -3.95. The third kappa shape index (κ3) is 7.26. The van der Waals surface area contributed by atoms with Crippen LogP contribution in [0.2, 0.25) is 5.02 Å². The molecule has 7 rings (SSSR count). The van der Waals surface area contributed by atoms with Crippen LogP contribution >= 0.6 is 11.6 Å². The standard InChI is InChI=1S/C40H48ClN5O4/c1-44-24-31(23-32(25-44)42-34-15-20-45(2)39(50)36(34)41)27-5-9-30(10-6-27)38(49)46-21-18-40(19-22-46)16-13-28(14-17-40)26-3-7-29(8-4-26)33-11-12-35(47)43-37(33)48/h3-10,15,20,28,31-33,42H,11-14,16-19,21-25H2,1-2H3,(H,43,47,48). The number of carbonyl (C=O) groups is 3. The molecule has 50 heavy (non-hydrogen) atoms. The molecule has 10 heteroatoms. The van der Waals surface area contributed by atoms with Crippen molar-refractivity contribution in [2.24, 2.45) is 12.5 Å². The fourth-order valence-electron chi connectivity index (χ4n) is 8.93. The molecule has 3 saturated heterocycles. The van der Waals surface area contributed by atoms with E-state index in [0.717, 1.165) is 69.4 Å². The number of likely N-dealkylation sites (N-methyl/N-ethyl adjacent to an activating group) is 1. The molecule has 2 N–H and O–H groups in total. The third-order valence-electron chi connectivity index (χ3n) is 12.0. The molecule has 0 radical (unpaired) electrons. The van der Waals surface area contributed by atoms with Crippen molar-refractivity contribution in [3.63, 3.8) is 0 Å². The highest BCUT2D eigenvalue weighted by atomic mass is 35.5. The van der Waals surface area contributed by atoms with Gasteiger partial charge in [0.15, 0.2) is 0 Å². The predicted molar refractivity (Wildman–Crippen MR) is 196 cm³/mol. The first-order chi connectivity index (χ1) is 24.1. The number of aromatic nitrogens is 1. The maximum absolute atomic E-state index is 13.6. The van der Waals surface area contributed by atoms with Crippen molar-refractivity contribution in [2.45, 2.75) is 81.6 Å². The summed E-state index contributed by atoms with van der Waals surface area (Å²) in [4.78, 5) is 54.1. The first-order valence-electron chi connectivity index (χ1n) is 18.2. The summed E-state index contributed by atoms with van der Waals surface area (Å²) in [6.45, 7) is 3.39. The lowest BCUT2D eigenvalue weighted by Gasteiger charge is -2.46. The fraction of sp³-hybridized carbons (Fsp3) is 0.500. The molecule has 3 amide bonds. The van der Waals surface area contributed by atoms with Gasteiger partial charge in [-0.05, 0) is 111 Å². The lowest BCUT2D eigenvalue weighted by Crippen LogP contribution is -2.44. The summed E-state index contributed by atoms with van der Waals surface area (Å²) in [5.41, 5.74) is 5.08. The predicted octanol–water partition coefficient (Wildman–Crippen LogP) is 6.04. The van der Waals surface area contributed by atoms with Gasteiger partial charge in [-0.1, -0.05) is 48.0 Å². The zero-order valence-electron chi connectivity index (χ0n) is 29.1. The smallest absolute Gasteiger partial charge is 0.271 e. The van der Waals surface area contributed by atoms with Crippen LogP contribution in [0.5, 0.6) is 0 Å². The van der Waals surface area contributed by atoms with E-state index in [1.807, 2.05) is 23.1 Å². The van der Waals surface area contributed by atoms with E-state index in [4.69, 9.17) is 11.6 Å². The highest BCUT2D eigenvalue weighted by Gasteiger charge is 2.39. The minimum atomic E-state index is -0.239. The van der Waals surface area contributed by atoms with Gasteiger partial charge in [-0.3, -0.25) is 24.5 Å². The van der Waals surface area contributed by atoms with Crippen LogP contribution in [0.25, 0.3) is 0 Å². The molecule has 1 aromatic heterocycles. The normalized spacial score (nSPS) is 24.6. The Kier molecular flexibility index (Phi) is 9.90. The van der Waals surface area contributed by atoms with Crippen LogP contribution in [-0.4, -0.2) is 71.4 Å². The number of pyridine rings is 1. The van der Waals surface area contributed by atoms with E-state index in [2.05, 4.69) is 59.0 Å². The van der Waals surface area contributed by atoms with Gasteiger partial charge in [-0.2, -0.15) is 0 Å². The van der Waals surface area contributed by atoms with Crippen LogP contribution in [0.4, 0.5) is 5.69 Å². The van der Waals surface area contributed by atoms with E-state index in [1.165, 1.54) is 28.5 Å². The molecule has 1 aliphatic carbocycles. The summed E-state index contributed by atoms with van der Waals surface area (Å²) < 4.78 is 1.48. The number of amides is 3. The molecule has 3 aromatic rings. The third-order valence-corrected chi connectivity index (χ3v) is 12.4.